The van der Waals surface area contributed by atoms with E-state index in [4.69, 9.17) is 4.74 Å². The normalized spacial score (nSPS) is 32.2. The van der Waals surface area contributed by atoms with E-state index in [0.29, 0.717) is 24.5 Å². The number of fused-ring (bicyclic) bond motifs is 2. The van der Waals surface area contributed by atoms with Gasteiger partial charge >= 0.3 is 6.09 Å². The van der Waals surface area contributed by atoms with Crippen LogP contribution in [0.3, 0.4) is 0 Å². The highest BCUT2D eigenvalue weighted by Gasteiger charge is 2.41. The van der Waals surface area contributed by atoms with Gasteiger partial charge in [0.25, 0.3) is 0 Å². The van der Waals surface area contributed by atoms with Gasteiger partial charge in [-0.2, -0.15) is 0 Å². The van der Waals surface area contributed by atoms with E-state index in [2.05, 4.69) is 10.6 Å². The van der Waals surface area contributed by atoms with Crippen LogP contribution >= 0.6 is 0 Å². The Morgan fingerprint density at radius 1 is 1.13 bits per heavy atom. The van der Waals surface area contributed by atoms with E-state index >= 15 is 0 Å². The molecule has 0 spiro atoms. The van der Waals surface area contributed by atoms with Gasteiger partial charge in [-0.05, 0) is 70.6 Å². The molecule has 4 nitrogen and oxygen atoms in total. The van der Waals surface area contributed by atoms with Crippen molar-refractivity contribution in [1.82, 2.24) is 10.6 Å². The van der Waals surface area contributed by atoms with Crippen molar-refractivity contribution in [3.63, 3.8) is 0 Å². The first-order valence-electron chi connectivity index (χ1n) is 9.63. The molecule has 2 N–H and O–H groups in total. The largest absolute Gasteiger partial charge is 0.444 e. The maximum absolute atomic E-state index is 12.0. The molecule has 4 atom stereocenters. The molecule has 0 aromatic carbocycles. The van der Waals surface area contributed by atoms with Gasteiger partial charge in [-0.3, -0.25) is 0 Å². The minimum Gasteiger partial charge on any atom is -0.444 e. The first-order valence-corrected chi connectivity index (χ1v) is 9.63. The summed E-state index contributed by atoms with van der Waals surface area (Å²) in [7, 11) is 0. The van der Waals surface area contributed by atoms with E-state index in [0.717, 1.165) is 11.8 Å². The molecule has 132 valence electrons. The number of alkyl carbamates (subject to hydrolysis) is 1. The van der Waals surface area contributed by atoms with E-state index in [9.17, 15) is 4.79 Å². The van der Waals surface area contributed by atoms with Gasteiger partial charge in [-0.25, -0.2) is 4.79 Å². The molecule has 0 radical (unpaired) electrons. The Labute approximate surface area is 141 Å². The topological polar surface area (TPSA) is 50.4 Å². The van der Waals surface area contributed by atoms with E-state index in [-0.39, 0.29) is 6.09 Å². The molecule has 3 saturated carbocycles. The zero-order valence-electron chi connectivity index (χ0n) is 15.1. The smallest absolute Gasteiger partial charge is 0.407 e. The summed E-state index contributed by atoms with van der Waals surface area (Å²) in [4.78, 5) is 12.0. The first kappa shape index (κ1) is 17.1. The molecule has 0 heterocycles. The Balaban J connectivity index is 1.52. The van der Waals surface area contributed by atoms with Gasteiger partial charge in [-0.15, -0.1) is 0 Å². The molecule has 3 fully saturated rings. The Bertz CT molecular complexity index is 412. The molecule has 0 saturated heterocycles. The van der Waals surface area contributed by atoms with Crippen LogP contribution in [0.2, 0.25) is 0 Å². The second-order valence-corrected chi connectivity index (χ2v) is 8.98. The lowest BCUT2D eigenvalue weighted by Crippen LogP contribution is -2.51. The predicted molar refractivity (Wildman–Crippen MR) is 92.4 cm³/mol. The summed E-state index contributed by atoms with van der Waals surface area (Å²) in [6, 6.07) is 1.09. The number of ether oxygens (including phenoxy) is 1. The van der Waals surface area contributed by atoms with Gasteiger partial charge in [0.1, 0.15) is 5.60 Å². The minimum atomic E-state index is -0.426. The molecular weight excluding hydrogens is 288 g/mol. The lowest BCUT2D eigenvalue weighted by molar-refractivity contribution is 0.0516. The van der Waals surface area contributed by atoms with E-state index in [1.165, 1.54) is 51.4 Å². The highest BCUT2D eigenvalue weighted by molar-refractivity contribution is 5.67. The molecule has 3 aliphatic rings. The van der Waals surface area contributed by atoms with E-state index in [1.807, 2.05) is 20.8 Å². The van der Waals surface area contributed by atoms with Crippen LogP contribution in [0.1, 0.15) is 72.1 Å². The maximum atomic E-state index is 12.0. The Kier molecular flexibility index (Phi) is 5.19. The van der Waals surface area contributed by atoms with Crippen LogP contribution < -0.4 is 10.6 Å². The average molecular weight is 322 g/mol. The van der Waals surface area contributed by atoms with Crippen LogP contribution in [0, 0.1) is 17.8 Å². The van der Waals surface area contributed by atoms with E-state index < -0.39 is 5.60 Å². The molecule has 0 aromatic heterocycles. The molecule has 0 aliphatic heterocycles. The van der Waals surface area contributed by atoms with Crippen LogP contribution in [0.5, 0.6) is 0 Å². The molecular formula is C19H34N2O2. The van der Waals surface area contributed by atoms with Gasteiger partial charge in [-0.1, -0.05) is 19.3 Å². The number of rotatable bonds is 5. The minimum absolute atomic E-state index is 0.282. The third kappa shape index (κ3) is 4.62. The second-order valence-electron chi connectivity index (χ2n) is 8.98. The lowest BCUT2D eigenvalue weighted by atomic mass is 9.91. The van der Waals surface area contributed by atoms with Crippen molar-refractivity contribution in [2.75, 3.05) is 6.54 Å². The molecule has 3 rings (SSSR count). The predicted octanol–water partition coefficient (Wildman–Crippen LogP) is 3.85. The molecule has 4 unspecified atom stereocenters. The lowest BCUT2D eigenvalue weighted by Gasteiger charge is -2.32. The van der Waals surface area contributed by atoms with Crippen molar-refractivity contribution in [2.45, 2.75) is 89.8 Å². The monoisotopic (exact) mass is 322 g/mol. The average Bonchev–Trinajstić information content (AvgIpc) is 3.17. The molecule has 23 heavy (non-hydrogen) atoms. The van der Waals surface area contributed by atoms with Crippen molar-refractivity contribution in [3.8, 4) is 0 Å². The molecule has 1 amide bonds. The Morgan fingerprint density at radius 2 is 1.87 bits per heavy atom. The fourth-order valence-electron chi connectivity index (χ4n) is 4.95. The van der Waals surface area contributed by atoms with Crippen LogP contribution in [0.4, 0.5) is 4.79 Å². The van der Waals surface area contributed by atoms with Crippen LogP contribution in [-0.4, -0.2) is 30.3 Å². The first-order chi connectivity index (χ1) is 10.9. The highest BCUT2D eigenvalue weighted by atomic mass is 16.6. The van der Waals surface area contributed by atoms with Crippen LogP contribution in [0.25, 0.3) is 0 Å². The summed E-state index contributed by atoms with van der Waals surface area (Å²) < 4.78 is 5.39. The van der Waals surface area contributed by atoms with Crippen molar-refractivity contribution in [1.29, 1.82) is 0 Å². The van der Waals surface area contributed by atoms with Gasteiger partial charge < -0.3 is 15.4 Å². The van der Waals surface area contributed by atoms with Gasteiger partial charge in [0.2, 0.25) is 0 Å². The van der Waals surface area contributed by atoms with Crippen molar-refractivity contribution < 1.29 is 9.53 Å². The zero-order valence-corrected chi connectivity index (χ0v) is 15.1. The number of hydrogen-bond donors (Lipinski definition) is 2. The molecule has 4 heteroatoms. The molecule has 3 aliphatic carbocycles. The van der Waals surface area contributed by atoms with Gasteiger partial charge in [0.15, 0.2) is 0 Å². The Morgan fingerprint density at radius 3 is 2.43 bits per heavy atom. The molecule has 2 bridgehead atoms. The third-order valence-corrected chi connectivity index (χ3v) is 6.00. The number of carbonyl (C=O) groups is 1. The standard InChI is InChI=1S/C19H34N2O2/c1-19(2,3)23-18(22)20-12-17(14-6-4-5-7-14)21-16-11-13-8-9-15(16)10-13/h13-17,21H,4-12H2,1-3H3,(H,20,22). The van der Waals surface area contributed by atoms with Gasteiger partial charge in [0.05, 0.1) is 0 Å². The number of hydrogen-bond acceptors (Lipinski definition) is 3. The van der Waals surface area contributed by atoms with E-state index in [1.54, 1.807) is 0 Å². The van der Waals surface area contributed by atoms with Crippen LogP contribution in [0.15, 0.2) is 0 Å². The number of nitrogens with one attached hydrogen (secondary N) is 2. The quantitative estimate of drug-likeness (QED) is 0.808. The van der Waals surface area contributed by atoms with Crippen molar-refractivity contribution >= 4 is 6.09 Å². The molecule has 0 aromatic rings. The summed E-state index contributed by atoms with van der Waals surface area (Å²) in [5, 5.41) is 6.95. The summed E-state index contributed by atoms with van der Waals surface area (Å²) in [5.74, 6) is 2.55. The summed E-state index contributed by atoms with van der Waals surface area (Å²) in [5.41, 5.74) is -0.426. The third-order valence-electron chi connectivity index (χ3n) is 6.00. The SMILES string of the molecule is CC(C)(C)OC(=O)NCC(NC1CC2CCC1C2)C1CCCC1. The van der Waals surface area contributed by atoms with Crippen molar-refractivity contribution in [3.05, 3.63) is 0 Å². The fraction of sp³-hybridized carbons (Fsp3) is 0.947. The fourth-order valence-corrected chi connectivity index (χ4v) is 4.95. The summed E-state index contributed by atoms with van der Waals surface area (Å²) in [6.45, 7) is 6.44. The second kappa shape index (κ2) is 7.00. The van der Waals surface area contributed by atoms with Crippen LogP contribution in [-0.2, 0) is 4.74 Å². The zero-order chi connectivity index (χ0) is 16.4. The summed E-state index contributed by atoms with van der Waals surface area (Å²) >= 11 is 0. The highest BCUT2D eigenvalue weighted by Crippen LogP contribution is 2.45. The Hall–Kier alpha value is -0.770. The number of carbonyl (C=O) groups excluding carboxylic acids is 1. The maximum Gasteiger partial charge on any atom is 0.407 e. The summed E-state index contributed by atoms with van der Waals surface area (Å²) in [6.07, 6.45) is 10.6. The van der Waals surface area contributed by atoms with Crippen molar-refractivity contribution in [2.24, 2.45) is 17.8 Å². The number of amides is 1. The van der Waals surface area contributed by atoms with Gasteiger partial charge in [0, 0.05) is 18.6 Å².